The van der Waals surface area contributed by atoms with Gasteiger partial charge in [0.1, 0.15) is 5.75 Å². The monoisotopic (exact) mass is 552 g/mol. The number of nitrogens with zero attached hydrogens (tertiary/aromatic N) is 2. The molecule has 0 N–H and O–H groups in total. The van der Waals surface area contributed by atoms with Crippen LogP contribution < -0.4 is 14.2 Å². The minimum absolute atomic E-state index is 0.0541. The first-order chi connectivity index (χ1) is 15.0. The van der Waals surface area contributed by atoms with E-state index in [9.17, 15) is 4.79 Å². The molecule has 2 aromatic carbocycles. The topological polar surface area (TPSA) is 60.4 Å². The number of carbonyl (C=O) groups is 1. The summed E-state index contributed by atoms with van der Waals surface area (Å²) < 4.78 is 17.6. The van der Waals surface area contributed by atoms with Crippen LogP contribution in [-0.2, 0) is 4.79 Å². The molecule has 0 saturated carbocycles. The lowest BCUT2D eigenvalue weighted by Crippen LogP contribution is -2.28. The number of benzene rings is 2. The van der Waals surface area contributed by atoms with Crippen molar-refractivity contribution in [1.82, 2.24) is 4.90 Å². The molecule has 1 saturated heterocycles. The van der Waals surface area contributed by atoms with E-state index in [-0.39, 0.29) is 5.91 Å². The van der Waals surface area contributed by atoms with Crippen molar-refractivity contribution in [2.24, 2.45) is 4.99 Å². The summed E-state index contributed by atoms with van der Waals surface area (Å²) >= 11 is 3.60. The molecule has 3 rings (SSSR count). The van der Waals surface area contributed by atoms with Gasteiger partial charge in [-0.2, -0.15) is 0 Å². The molecule has 8 heteroatoms. The Bertz CT molecular complexity index is 1010. The van der Waals surface area contributed by atoms with Crippen LogP contribution in [0.4, 0.5) is 5.69 Å². The van der Waals surface area contributed by atoms with Crippen molar-refractivity contribution in [2.45, 2.75) is 20.8 Å². The highest BCUT2D eigenvalue weighted by atomic mass is 127. The van der Waals surface area contributed by atoms with E-state index in [1.807, 2.05) is 63.2 Å². The lowest BCUT2D eigenvalue weighted by molar-refractivity contribution is -0.122. The molecule has 0 bridgehead atoms. The Labute approximate surface area is 200 Å². The number of thioether (sulfide) groups is 1. The number of methoxy groups -OCH3 is 1. The number of amides is 1. The predicted molar refractivity (Wildman–Crippen MR) is 135 cm³/mol. The molecule has 0 atom stereocenters. The Morgan fingerprint density at radius 2 is 1.81 bits per heavy atom. The number of carbonyl (C=O) groups excluding carboxylic acids is 1. The lowest BCUT2D eigenvalue weighted by atomic mass is 10.2. The highest BCUT2D eigenvalue weighted by Crippen LogP contribution is 2.38. The molecule has 0 spiro atoms. The summed E-state index contributed by atoms with van der Waals surface area (Å²) in [5, 5.41) is 0.662. The fourth-order valence-electron chi connectivity index (χ4n) is 3.01. The fraction of sp³-hybridized carbons (Fsp3) is 0.304. The zero-order chi connectivity index (χ0) is 22.4. The van der Waals surface area contributed by atoms with E-state index >= 15 is 0 Å². The first kappa shape index (κ1) is 23.5. The van der Waals surface area contributed by atoms with Gasteiger partial charge < -0.3 is 14.2 Å². The molecule has 1 aliphatic rings. The summed E-state index contributed by atoms with van der Waals surface area (Å²) in [6.45, 7) is 7.46. The van der Waals surface area contributed by atoms with Gasteiger partial charge in [0, 0.05) is 6.54 Å². The van der Waals surface area contributed by atoms with Crippen molar-refractivity contribution >= 4 is 57.2 Å². The molecule has 164 valence electrons. The molecule has 6 nitrogen and oxygen atoms in total. The summed E-state index contributed by atoms with van der Waals surface area (Å²) in [7, 11) is 1.63. The molecule has 2 aromatic rings. The van der Waals surface area contributed by atoms with Crippen LogP contribution in [0.2, 0.25) is 0 Å². The smallest absolute Gasteiger partial charge is 0.266 e. The molecule has 1 amide bonds. The van der Waals surface area contributed by atoms with Crippen LogP contribution in [-0.4, -0.2) is 42.8 Å². The van der Waals surface area contributed by atoms with E-state index < -0.39 is 0 Å². The number of rotatable bonds is 8. The van der Waals surface area contributed by atoms with E-state index in [4.69, 9.17) is 14.2 Å². The second-order valence-corrected chi connectivity index (χ2v) is 8.62. The van der Waals surface area contributed by atoms with Crippen LogP contribution in [0.15, 0.2) is 46.3 Å². The molecule has 0 radical (unpaired) electrons. The van der Waals surface area contributed by atoms with Crippen molar-refractivity contribution < 1.29 is 19.0 Å². The normalized spacial score (nSPS) is 16.3. The van der Waals surface area contributed by atoms with Gasteiger partial charge in [-0.1, -0.05) is 0 Å². The van der Waals surface area contributed by atoms with Crippen LogP contribution in [0.25, 0.3) is 6.08 Å². The highest BCUT2D eigenvalue weighted by molar-refractivity contribution is 14.1. The lowest BCUT2D eigenvalue weighted by Gasteiger charge is -2.14. The van der Waals surface area contributed by atoms with Gasteiger partial charge in [-0.15, -0.1) is 0 Å². The molecule has 0 unspecified atom stereocenters. The number of aliphatic imine (C=N–C) groups is 1. The average molecular weight is 552 g/mol. The zero-order valence-electron chi connectivity index (χ0n) is 18.0. The van der Waals surface area contributed by atoms with Crippen molar-refractivity contribution in [2.75, 3.05) is 26.9 Å². The van der Waals surface area contributed by atoms with Gasteiger partial charge in [0.25, 0.3) is 5.91 Å². The van der Waals surface area contributed by atoms with Crippen LogP contribution in [0.1, 0.15) is 26.3 Å². The van der Waals surface area contributed by atoms with Gasteiger partial charge in [-0.3, -0.25) is 9.69 Å². The van der Waals surface area contributed by atoms with E-state index in [2.05, 4.69) is 27.6 Å². The predicted octanol–water partition coefficient (Wildman–Crippen LogP) is 5.72. The molecule has 1 fully saturated rings. The summed E-state index contributed by atoms with van der Waals surface area (Å²) in [6.07, 6.45) is 1.88. The van der Waals surface area contributed by atoms with Crippen molar-refractivity contribution in [3.8, 4) is 17.2 Å². The molecule has 1 heterocycles. The molecular formula is C23H25IN2O4S. The van der Waals surface area contributed by atoms with Gasteiger partial charge in [0.2, 0.25) is 0 Å². The molecule has 1 aliphatic heterocycles. The number of halogens is 1. The maximum absolute atomic E-state index is 13.0. The van der Waals surface area contributed by atoms with Gasteiger partial charge in [0.05, 0.1) is 34.5 Å². The Balaban J connectivity index is 1.93. The van der Waals surface area contributed by atoms with Crippen LogP contribution in [0.3, 0.4) is 0 Å². The summed E-state index contributed by atoms with van der Waals surface area (Å²) in [5.74, 6) is 2.12. The van der Waals surface area contributed by atoms with E-state index in [0.717, 1.165) is 26.3 Å². The second-order valence-electron chi connectivity index (χ2n) is 6.45. The number of hydrogen-bond acceptors (Lipinski definition) is 6. The fourth-order valence-corrected chi connectivity index (χ4v) is 4.85. The third kappa shape index (κ3) is 5.54. The van der Waals surface area contributed by atoms with Crippen molar-refractivity contribution in [3.05, 3.63) is 50.4 Å². The summed E-state index contributed by atoms with van der Waals surface area (Å²) in [6, 6.07) is 11.3. The summed E-state index contributed by atoms with van der Waals surface area (Å²) in [5.41, 5.74) is 1.65. The number of amidine groups is 1. The van der Waals surface area contributed by atoms with Gasteiger partial charge in [0.15, 0.2) is 16.7 Å². The van der Waals surface area contributed by atoms with Crippen LogP contribution in [0.5, 0.6) is 17.2 Å². The minimum atomic E-state index is -0.0541. The second kappa shape index (κ2) is 10.9. The molecule has 0 aliphatic carbocycles. The number of likely N-dealkylation sites (N-methyl/N-ethyl adjacent to an activating group) is 1. The molecule has 0 aromatic heterocycles. The van der Waals surface area contributed by atoms with Gasteiger partial charge >= 0.3 is 0 Å². The van der Waals surface area contributed by atoms with E-state index in [1.54, 1.807) is 12.0 Å². The third-order valence-corrected chi connectivity index (χ3v) is 6.23. The van der Waals surface area contributed by atoms with Crippen molar-refractivity contribution in [3.63, 3.8) is 0 Å². The Morgan fingerprint density at radius 3 is 2.42 bits per heavy atom. The number of ether oxygens (including phenoxy) is 3. The van der Waals surface area contributed by atoms with Crippen LogP contribution in [0, 0.1) is 3.57 Å². The largest absolute Gasteiger partial charge is 0.497 e. The Hall–Kier alpha value is -2.20. The van der Waals surface area contributed by atoms with Crippen LogP contribution >= 0.6 is 34.4 Å². The molecule has 31 heavy (non-hydrogen) atoms. The zero-order valence-corrected chi connectivity index (χ0v) is 21.0. The molecular weight excluding hydrogens is 527 g/mol. The first-order valence-corrected chi connectivity index (χ1v) is 11.9. The number of hydrogen-bond donors (Lipinski definition) is 0. The maximum atomic E-state index is 13.0. The third-order valence-electron chi connectivity index (χ3n) is 4.42. The van der Waals surface area contributed by atoms with E-state index in [1.165, 1.54) is 11.8 Å². The van der Waals surface area contributed by atoms with Gasteiger partial charge in [-0.05, 0) is 103 Å². The summed E-state index contributed by atoms with van der Waals surface area (Å²) in [4.78, 5) is 20.0. The Kier molecular flexibility index (Phi) is 8.25. The first-order valence-electron chi connectivity index (χ1n) is 10.0. The average Bonchev–Trinajstić information content (AvgIpc) is 3.05. The highest BCUT2D eigenvalue weighted by Gasteiger charge is 2.32. The minimum Gasteiger partial charge on any atom is -0.497 e. The SMILES string of the molecule is CCOc1cc(/C=C2/SC(=Nc3ccc(OC)cc3)N(CC)C2=O)cc(I)c1OCC. The van der Waals surface area contributed by atoms with Gasteiger partial charge in [-0.25, -0.2) is 4.99 Å². The maximum Gasteiger partial charge on any atom is 0.266 e. The van der Waals surface area contributed by atoms with Crippen molar-refractivity contribution in [1.29, 1.82) is 0 Å². The quantitative estimate of drug-likeness (QED) is 0.310. The Morgan fingerprint density at radius 1 is 1.10 bits per heavy atom. The van der Waals surface area contributed by atoms with E-state index in [0.29, 0.717) is 35.6 Å². The standard InChI is InChI=1S/C23H25IN2O4S/c1-5-26-22(27)20(31-23(26)25-16-8-10-17(28-4)11-9-16)14-15-12-18(24)21(30-7-3)19(13-15)29-6-2/h8-14H,5-7H2,1-4H3/b20-14+,25-23?.